The lowest BCUT2D eigenvalue weighted by Gasteiger charge is -2.15. The minimum absolute atomic E-state index is 0.0604. The van der Waals surface area contributed by atoms with Crippen molar-refractivity contribution in [3.8, 4) is 5.69 Å². The van der Waals surface area contributed by atoms with Crippen molar-refractivity contribution in [3.05, 3.63) is 48.8 Å². The van der Waals surface area contributed by atoms with Crippen LogP contribution >= 0.6 is 0 Å². The second-order valence-electron chi connectivity index (χ2n) is 5.37. The van der Waals surface area contributed by atoms with Crippen LogP contribution in [-0.2, 0) is 4.79 Å². The summed E-state index contributed by atoms with van der Waals surface area (Å²) in [7, 11) is 0. The van der Waals surface area contributed by atoms with E-state index in [1.54, 1.807) is 0 Å². The summed E-state index contributed by atoms with van der Waals surface area (Å²) in [4.78, 5) is 12.3. The molecule has 2 aromatic rings. The normalized spacial score (nSPS) is 21.9. The van der Waals surface area contributed by atoms with Gasteiger partial charge in [-0.25, -0.2) is 0 Å². The van der Waals surface area contributed by atoms with Crippen molar-refractivity contribution in [1.29, 1.82) is 0 Å². The minimum atomic E-state index is 0.0604. The van der Waals surface area contributed by atoms with E-state index in [2.05, 4.69) is 17.6 Å². The van der Waals surface area contributed by atoms with Crippen LogP contribution in [0.3, 0.4) is 0 Å². The van der Waals surface area contributed by atoms with E-state index in [1.807, 2.05) is 53.4 Å². The number of carbonyl (C=O) groups is 1. The molecule has 2 atom stereocenters. The highest BCUT2D eigenvalue weighted by Crippen LogP contribution is 2.20. The highest BCUT2D eigenvalue weighted by atomic mass is 16.1. The first-order valence-electron chi connectivity index (χ1n) is 6.99. The zero-order chi connectivity index (χ0) is 13.9. The van der Waals surface area contributed by atoms with E-state index in [-0.39, 0.29) is 11.8 Å². The topological polar surface area (TPSA) is 46.1 Å². The maximum atomic E-state index is 12.3. The van der Waals surface area contributed by atoms with Gasteiger partial charge in [0.15, 0.2) is 0 Å². The lowest BCUT2D eigenvalue weighted by Crippen LogP contribution is -2.27. The molecule has 1 saturated heterocycles. The average Bonchev–Trinajstić information content (AvgIpc) is 3.09. The van der Waals surface area contributed by atoms with E-state index in [0.717, 1.165) is 24.5 Å². The first-order valence-corrected chi connectivity index (χ1v) is 6.99. The third kappa shape index (κ3) is 2.60. The predicted molar refractivity (Wildman–Crippen MR) is 79.9 cm³/mol. The van der Waals surface area contributed by atoms with Crippen molar-refractivity contribution < 1.29 is 4.79 Å². The van der Waals surface area contributed by atoms with Gasteiger partial charge in [-0.1, -0.05) is 13.0 Å². The number of carbonyl (C=O) groups excluding carboxylic acids is 1. The number of anilines is 1. The third-order valence-corrected chi connectivity index (χ3v) is 3.87. The molecule has 0 radical (unpaired) electrons. The monoisotopic (exact) mass is 269 g/mol. The Labute approximate surface area is 118 Å². The molecule has 0 bridgehead atoms. The molecule has 1 aliphatic rings. The first-order chi connectivity index (χ1) is 9.74. The molecular weight excluding hydrogens is 250 g/mol. The molecule has 4 heteroatoms. The van der Waals surface area contributed by atoms with Crippen molar-refractivity contribution in [1.82, 2.24) is 9.88 Å². The van der Waals surface area contributed by atoms with Crippen LogP contribution < -0.4 is 10.6 Å². The summed E-state index contributed by atoms with van der Waals surface area (Å²) in [5.41, 5.74) is 1.89. The third-order valence-electron chi connectivity index (χ3n) is 3.87. The maximum Gasteiger partial charge on any atom is 0.229 e. The lowest BCUT2D eigenvalue weighted by molar-refractivity contribution is -0.120. The number of nitrogens with zero attached hydrogens (tertiary/aromatic N) is 1. The molecule has 1 aromatic carbocycles. The van der Waals surface area contributed by atoms with Crippen molar-refractivity contribution in [2.45, 2.75) is 6.92 Å². The first kappa shape index (κ1) is 12.9. The van der Waals surface area contributed by atoms with Gasteiger partial charge in [-0.15, -0.1) is 0 Å². The molecule has 2 heterocycles. The van der Waals surface area contributed by atoms with Crippen molar-refractivity contribution >= 4 is 11.6 Å². The van der Waals surface area contributed by atoms with Crippen LogP contribution in [-0.4, -0.2) is 23.6 Å². The number of rotatable bonds is 3. The Kier molecular flexibility index (Phi) is 3.56. The Balaban J connectivity index is 1.74. The highest BCUT2D eigenvalue weighted by Gasteiger charge is 2.29. The molecule has 4 nitrogen and oxygen atoms in total. The van der Waals surface area contributed by atoms with Gasteiger partial charge in [-0.3, -0.25) is 4.79 Å². The molecule has 1 aromatic heterocycles. The second-order valence-corrected chi connectivity index (χ2v) is 5.37. The number of hydrogen-bond donors (Lipinski definition) is 2. The van der Waals surface area contributed by atoms with E-state index in [9.17, 15) is 4.79 Å². The van der Waals surface area contributed by atoms with E-state index < -0.39 is 0 Å². The van der Waals surface area contributed by atoms with Gasteiger partial charge in [-0.2, -0.15) is 0 Å². The van der Waals surface area contributed by atoms with E-state index >= 15 is 0 Å². The van der Waals surface area contributed by atoms with Crippen molar-refractivity contribution in [3.63, 3.8) is 0 Å². The summed E-state index contributed by atoms with van der Waals surface area (Å²) in [5.74, 6) is 0.556. The van der Waals surface area contributed by atoms with E-state index in [4.69, 9.17) is 0 Å². The Hall–Kier alpha value is -2.07. The SMILES string of the molecule is CC1CNCC1C(=O)Nc1cccc(-n2cccc2)c1. The number of hydrogen-bond acceptors (Lipinski definition) is 2. The predicted octanol–water partition coefficient (Wildman–Crippen LogP) is 2.27. The summed E-state index contributed by atoms with van der Waals surface area (Å²) in [6.45, 7) is 3.80. The molecular formula is C16H19N3O. The lowest BCUT2D eigenvalue weighted by atomic mass is 9.97. The van der Waals surface area contributed by atoms with Gasteiger partial charge in [0.25, 0.3) is 0 Å². The maximum absolute atomic E-state index is 12.3. The van der Waals surface area contributed by atoms with Crippen molar-refractivity contribution in [2.75, 3.05) is 18.4 Å². The molecule has 0 spiro atoms. The van der Waals surface area contributed by atoms with Crippen LogP contribution in [0.25, 0.3) is 5.69 Å². The van der Waals surface area contributed by atoms with E-state index in [1.165, 1.54) is 0 Å². The Morgan fingerprint density at radius 3 is 2.75 bits per heavy atom. The molecule has 0 aliphatic carbocycles. The van der Waals surface area contributed by atoms with Crippen LogP contribution in [0.5, 0.6) is 0 Å². The molecule has 0 saturated carbocycles. The van der Waals surface area contributed by atoms with Crippen molar-refractivity contribution in [2.24, 2.45) is 11.8 Å². The number of nitrogens with one attached hydrogen (secondary N) is 2. The van der Waals surface area contributed by atoms with Gasteiger partial charge in [-0.05, 0) is 42.8 Å². The Morgan fingerprint density at radius 1 is 1.25 bits per heavy atom. The number of aromatic nitrogens is 1. The largest absolute Gasteiger partial charge is 0.326 e. The standard InChI is InChI=1S/C16H19N3O/c1-12-10-17-11-15(12)16(20)18-13-5-4-6-14(9-13)19-7-2-3-8-19/h2-9,12,15,17H,10-11H2,1H3,(H,18,20). The summed E-state index contributed by atoms with van der Waals surface area (Å²) in [6.07, 6.45) is 3.98. The van der Waals surface area contributed by atoms with Crippen LogP contribution in [0.1, 0.15) is 6.92 Å². The smallest absolute Gasteiger partial charge is 0.229 e. The van der Waals surface area contributed by atoms with Crippen LogP contribution in [0.4, 0.5) is 5.69 Å². The zero-order valence-corrected chi connectivity index (χ0v) is 11.5. The van der Waals surface area contributed by atoms with Crippen LogP contribution in [0.2, 0.25) is 0 Å². The fourth-order valence-corrected chi connectivity index (χ4v) is 2.65. The summed E-state index contributed by atoms with van der Waals surface area (Å²) < 4.78 is 2.02. The molecule has 1 fully saturated rings. The Bertz CT molecular complexity index is 592. The van der Waals surface area contributed by atoms with Gasteiger partial charge in [0, 0.05) is 30.3 Å². The molecule has 20 heavy (non-hydrogen) atoms. The van der Waals surface area contributed by atoms with E-state index in [0.29, 0.717) is 5.92 Å². The average molecular weight is 269 g/mol. The minimum Gasteiger partial charge on any atom is -0.326 e. The van der Waals surface area contributed by atoms with Gasteiger partial charge < -0.3 is 15.2 Å². The molecule has 2 N–H and O–H groups in total. The number of amides is 1. The van der Waals surface area contributed by atoms with Crippen LogP contribution in [0, 0.1) is 11.8 Å². The Morgan fingerprint density at radius 2 is 2.05 bits per heavy atom. The van der Waals surface area contributed by atoms with Gasteiger partial charge in [0.2, 0.25) is 5.91 Å². The molecule has 1 aliphatic heterocycles. The summed E-state index contributed by atoms with van der Waals surface area (Å²) in [5, 5.41) is 6.28. The summed E-state index contributed by atoms with van der Waals surface area (Å²) >= 11 is 0. The van der Waals surface area contributed by atoms with Crippen LogP contribution in [0.15, 0.2) is 48.8 Å². The number of benzene rings is 1. The highest BCUT2D eigenvalue weighted by molar-refractivity contribution is 5.93. The van der Waals surface area contributed by atoms with Gasteiger partial charge in [0.1, 0.15) is 0 Å². The quantitative estimate of drug-likeness (QED) is 0.898. The fraction of sp³-hybridized carbons (Fsp3) is 0.312. The second kappa shape index (κ2) is 5.51. The molecule has 1 amide bonds. The molecule has 3 rings (SSSR count). The van der Waals surface area contributed by atoms with Gasteiger partial charge >= 0.3 is 0 Å². The molecule has 2 unspecified atom stereocenters. The zero-order valence-electron chi connectivity index (χ0n) is 11.5. The molecule has 104 valence electrons. The van der Waals surface area contributed by atoms with Gasteiger partial charge in [0.05, 0.1) is 5.92 Å². The fourth-order valence-electron chi connectivity index (χ4n) is 2.65. The summed E-state index contributed by atoms with van der Waals surface area (Å²) in [6, 6.07) is 11.9.